The summed E-state index contributed by atoms with van der Waals surface area (Å²) in [6.45, 7) is -0.250. The predicted octanol–water partition coefficient (Wildman–Crippen LogP) is 2.20. The summed E-state index contributed by atoms with van der Waals surface area (Å²) in [7, 11) is 0. The summed E-state index contributed by atoms with van der Waals surface area (Å²) in [6, 6.07) is 3.56. The molecule has 1 heterocycles. The molecule has 0 atom stereocenters. The van der Waals surface area contributed by atoms with Gasteiger partial charge in [-0.2, -0.15) is 0 Å². The maximum atomic E-state index is 8.36. The van der Waals surface area contributed by atoms with E-state index in [4.69, 9.17) is 21.5 Å². The van der Waals surface area contributed by atoms with Crippen LogP contribution in [0.3, 0.4) is 0 Å². The van der Waals surface area contributed by atoms with E-state index >= 15 is 0 Å². The average Bonchev–Trinajstić information content (AvgIpc) is 1.97. The zero-order valence-corrected chi connectivity index (χ0v) is 7.71. The van der Waals surface area contributed by atoms with E-state index in [1.807, 2.05) is 0 Å². The van der Waals surface area contributed by atoms with Gasteiger partial charge in [-0.25, -0.2) is 4.98 Å². The van der Waals surface area contributed by atoms with Crippen molar-refractivity contribution < 1.29 is 9.90 Å². The predicted molar refractivity (Wildman–Crippen MR) is 45.6 cm³/mol. The van der Waals surface area contributed by atoms with Gasteiger partial charge in [0.25, 0.3) is 6.47 Å². The molecule has 0 bridgehead atoms. The van der Waals surface area contributed by atoms with Gasteiger partial charge in [-0.3, -0.25) is 4.79 Å². The molecule has 0 aliphatic carbocycles. The van der Waals surface area contributed by atoms with Gasteiger partial charge in [0.1, 0.15) is 4.60 Å². The standard InChI is InChI=1S/C5H3BrClN.CH2O2/c6-5-4(7)2-1-3-8-5;2-1-3/h1-3H;1H,(H,2,3). The Labute approximate surface area is 77.1 Å². The Hall–Kier alpha value is -0.610. The van der Waals surface area contributed by atoms with Gasteiger partial charge >= 0.3 is 0 Å². The smallest absolute Gasteiger partial charge is 0.290 e. The summed E-state index contributed by atoms with van der Waals surface area (Å²) in [5.74, 6) is 0. The van der Waals surface area contributed by atoms with Crippen LogP contribution >= 0.6 is 27.5 Å². The average molecular weight is 238 g/mol. The Morgan fingerprint density at radius 1 is 1.73 bits per heavy atom. The van der Waals surface area contributed by atoms with Crippen LogP contribution in [-0.4, -0.2) is 16.6 Å². The molecular weight excluding hydrogens is 233 g/mol. The van der Waals surface area contributed by atoms with Gasteiger partial charge in [0.15, 0.2) is 0 Å². The summed E-state index contributed by atoms with van der Waals surface area (Å²) >= 11 is 8.75. The van der Waals surface area contributed by atoms with Crippen LogP contribution in [0.25, 0.3) is 0 Å². The highest BCUT2D eigenvalue weighted by atomic mass is 79.9. The Balaban J connectivity index is 0.000000292. The monoisotopic (exact) mass is 237 g/mol. The first-order valence-electron chi connectivity index (χ1n) is 2.56. The van der Waals surface area contributed by atoms with Crippen molar-refractivity contribution in [2.45, 2.75) is 0 Å². The van der Waals surface area contributed by atoms with Crippen molar-refractivity contribution in [3.05, 3.63) is 28.0 Å². The van der Waals surface area contributed by atoms with E-state index in [0.717, 1.165) is 0 Å². The van der Waals surface area contributed by atoms with Gasteiger partial charge in [0.05, 0.1) is 5.02 Å². The Kier molecular flexibility index (Phi) is 5.78. The third-order valence-corrected chi connectivity index (χ3v) is 1.88. The topological polar surface area (TPSA) is 50.2 Å². The van der Waals surface area contributed by atoms with E-state index in [1.54, 1.807) is 18.3 Å². The van der Waals surface area contributed by atoms with Crippen molar-refractivity contribution in [3.63, 3.8) is 0 Å². The van der Waals surface area contributed by atoms with E-state index in [0.29, 0.717) is 9.63 Å². The highest BCUT2D eigenvalue weighted by Gasteiger charge is 1.90. The highest BCUT2D eigenvalue weighted by Crippen LogP contribution is 2.17. The second-order valence-corrected chi connectivity index (χ2v) is 2.54. The summed E-state index contributed by atoms with van der Waals surface area (Å²) in [6.07, 6.45) is 1.68. The second-order valence-electron chi connectivity index (χ2n) is 1.38. The number of carbonyl (C=O) groups is 1. The molecule has 0 aliphatic heterocycles. The summed E-state index contributed by atoms with van der Waals surface area (Å²) in [5.41, 5.74) is 0. The van der Waals surface area contributed by atoms with Gasteiger partial charge in [-0.15, -0.1) is 0 Å². The summed E-state index contributed by atoms with van der Waals surface area (Å²) in [4.78, 5) is 12.2. The molecule has 1 rings (SSSR count). The number of hydrogen-bond donors (Lipinski definition) is 1. The molecule has 3 nitrogen and oxygen atoms in total. The maximum absolute atomic E-state index is 8.36. The molecule has 0 fully saturated rings. The molecule has 1 aromatic rings. The van der Waals surface area contributed by atoms with E-state index in [1.165, 1.54) is 0 Å². The Bertz CT molecular complexity index is 211. The lowest BCUT2D eigenvalue weighted by Crippen LogP contribution is -1.71. The van der Waals surface area contributed by atoms with Crippen LogP contribution in [0.15, 0.2) is 22.9 Å². The van der Waals surface area contributed by atoms with E-state index in [9.17, 15) is 0 Å². The fraction of sp³-hybridized carbons (Fsp3) is 0. The minimum absolute atomic E-state index is 0.250. The number of aromatic nitrogens is 1. The lowest BCUT2D eigenvalue weighted by molar-refractivity contribution is -0.122. The number of halogens is 2. The van der Waals surface area contributed by atoms with Crippen molar-refractivity contribution in [1.29, 1.82) is 0 Å². The lowest BCUT2D eigenvalue weighted by atomic mass is 10.5. The normalized spacial score (nSPS) is 7.82. The van der Waals surface area contributed by atoms with Crippen molar-refractivity contribution in [1.82, 2.24) is 4.98 Å². The number of carboxylic acid groups (broad SMARTS) is 1. The molecule has 1 aromatic heterocycles. The van der Waals surface area contributed by atoms with E-state index in [2.05, 4.69) is 20.9 Å². The molecule has 11 heavy (non-hydrogen) atoms. The maximum Gasteiger partial charge on any atom is 0.290 e. The Morgan fingerprint density at radius 2 is 2.27 bits per heavy atom. The van der Waals surface area contributed by atoms with Crippen LogP contribution < -0.4 is 0 Å². The van der Waals surface area contributed by atoms with Gasteiger partial charge < -0.3 is 5.11 Å². The lowest BCUT2D eigenvalue weighted by Gasteiger charge is -1.88. The second kappa shape index (κ2) is 6.12. The third kappa shape index (κ3) is 4.75. The number of hydrogen-bond acceptors (Lipinski definition) is 2. The van der Waals surface area contributed by atoms with Crippen LogP contribution in [-0.2, 0) is 4.79 Å². The van der Waals surface area contributed by atoms with Crippen LogP contribution in [0.2, 0.25) is 5.02 Å². The zero-order valence-electron chi connectivity index (χ0n) is 5.37. The molecule has 0 spiro atoms. The first kappa shape index (κ1) is 10.4. The molecule has 0 radical (unpaired) electrons. The van der Waals surface area contributed by atoms with Crippen LogP contribution in [0.4, 0.5) is 0 Å². The minimum Gasteiger partial charge on any atom is -0.483 e. The molecule has 1 N–H and O–H groups in total. The van der Waals surface area contributed by atoms with Crippen LogP contribution in [0, 0.1) is 0 Å². The Morgan fingerprint density at radius 3 is 2.55 bits per heavy atom. The fourth-order valence-corrected chi connectivity index (χ4v) is 0.738. The number of nitrogens with zero attached hydrogens (tertiary/aromatic N) is 1. The first-order valence-corrected chi connectivity index (χ1v) is 3.73. The van der Waals surface area contributed by atoms with Crippen molar-refractivity contribution in [3.8, 4) is 0 Å². The zero-order chi connectivity index (χ0) is 8.69. The molecular formula is C6H5BrClNO2. The van der Waals surface area contributed by atoms with Crippen LogP contribution in [0.5, 0.6) is 0 Å². The summed E-state index contributed by atoms with van der Waals surface area (Å²) in [5, 5.41) is 7.53. The fourth-order valence-electron chi connectivity index (χ4n) is 0.366. The molecule has 0 amide bonds. The highest BCUT2D eigenvalue weighted by molar-refractivity contribution is 9.10. The molecule has 60 valence electrons. The number of rotatable bonds is 0. The van der Waals surface area contributed by atoms with Gasteiger partial charge in [-0.05, 0) is 28.1 Å². The first-order chi connectivity index (χ1) is 5.22. The molecule has 5 heteroatoms. The summed E-state index contributed by atoms with van der Waals surface area (Å²) < 4.78 is 0.696. The molecule has 0 aliphatic rings. The molecule has 0 saturated heterocycles. The molecule has 0 aromatic carbocycles. The van der Waals surface area contributed by atoms with Crippen molar-refractivity contribution >= 4 is 34.0 Å². The van der Waals surface area contributed by atoms with Crippen LogP contribution in [0.1, 0.15) is 0 Å². The molecule has 0 unspecified atom stereocenters. The SMILES string of the molecule is Clc1cccnc1Br.O=CO. The van der Waals surface area contributed by atoms with Gasteiger partial charge in [0, 0.05) is 6.20 Å². The minimum atomic E-state index is -0.250. The quantitative estimate of drug-likeness (QED) is 0.557. The van der Waals surface area contributed by atoms with E-state index < -0.39 is 0 Å². The van der Waals surface area contributed by atoms with E-state index in [-0.39, 0.29) is 6.47 Å². The third-order valence-electron chi connectivity index (χ3n) is 0.714. The van der Waals surface area contributed by atoms with Crippen molar-refractivity contribution in [2.24, 2.45) is 0 Å². The van der Waals surface area contributed by atoms with Gasteiger partial charge in [-0.1, -0.05) is 11.6 Å². The largest absolute Gasteiger partial charge is 0.483 e. The number of pyridine rings is 1. The van der Waals surface area contributed by atoms with Crippen molar-refractivity contribution in [2.75, 3.05) is 0 Å². The molecule has 0 saturated carbocycles. The van der Waals surface area contributed by atoms with Gasteiger partial charge in [0.2, 0.25) is 0 Å².